The van der Waals surface area contributed by atoms with E-state index in [-0.39, 0.29) is 23.2 Å². The highest BCUT2D eigenvalue weighted by Gasteiger charge is 2.38. The highest BCUT2D eigenvalue weighted by molar-refractivity contribution is 5.77. The third kappa shape index (κ3) is 3.73. The van der Waals surface area contributed by atoms with Gasteiger partial charge < -0.3 is 15.0 Å². The number of morpholine rings is 1. The molecular formula is C16H30N2O2. The molecular weight excluding hydrogens is 252 g/mol. The van der Waals surface area contributed by atoms with Gasteiger partial charge in [-0.1, -0.05) is 19.3 Å². The Bertz CT molecular complexity index is 348. The molecule has 2 aliphatic rings. The topological polar surface area (TPSA) is 41.6 Å². The first-order valence-electron chi connectivity index (χ1n) is 8.00. The Morgan fingerprint density at radius 2 is 1.95 bits per heavy atom. The fraction of sp³-hybridized carbons (Fsp3) is 0.938. The summed E-state index contributed by atoms with van der Waals surface area (Å²) >= 11 is 0. The maximum absolute atomic E-state index is 12.7. The van der Waals surface area contributed by atoms with Crippen LogP contribution in [-0.4, -0.2) is 48.2 Å². The molecule has 2 fully saturated rings. The van der Waals surface area contributed by atoms with E-state index in [0.29, 0.717) is 13.0 Å². The van der Waals surface area contributed by atoms with Gasteiger partial charge in [-0.2, -0.15) is 0 Å². The van der Waals surface area contributed by atoms with Gasteiger partial charge in [0.05, 0.1) is 11.7 Å². The third-order valence-corrected chi connectivity index (χ3v) is 4.75. The highest BCUT2D eigenvalue weighted by atomic mass is 16.5. The first-order chi connectivity index (χ1) is 9.36. The summed E-state index contributed by atoms with van der Waals surface area (Å²) in [4.78, 5) is 14.7. The molecule has 0 bridgehead atoms. The second kappa shape index (κ2) is 6.02. The third-order valence-electron chi connectivity index (χ3n) is 4.75. The number of nitrogens with zero attached hydrogens (tertiary/aromatic N) is 1. The molecule has 1 saturated heterocycles. The lowest BCUT2D eigenvalue weighted by Gasteiger charge is -2.44. The summed E-state index contributed by atoms with van der Waals surface area (Å²) in [5.74, 6) is 0.282. The van der Waals surface area contributed by atoms with Crippen molar-refractivity contribution >= 4 is 5.91 Å². The average molecular weight is 282 g/mol. The molecule has 4 nitrogen and oxygen atoms in total. The highest BCUT2D eigenvalue weighted by Crippen LogP contribution is 2.32. The molecule has 4 heteroatoms. The minimum absolute atomic E-state index is 0.0288. The molecule has 2 rings (SSSR count). The van der Waals surface area contributed by atoms with Crippen molar-refractivity contribution in [1.82, 2.24) is 10.2 Å². The number of amides is 1. The quantitative estimate of drug-likeness (QED) is 0.864. The van der Waals surface area contributed by atoms with Gasteiger partial charge in [-0.3, -0.25) is 4.79 Å². The Morgan fingerprint density at radius 3 is 2.50 bits per heavy atom. The molecule has 1 amide bonds. The van der Waals surface area contributed by atoms with E-state index in [4.69, 9.17) is 4.74 Å². The van der Waals surface area contributed by atoms with Crippen molar-refractivity contribution in [2.75, 3.05) is 20.1 Å². The minimum Gasteiger partial charge on any atom is -0.369 e. The Kier molecular flexibility index (Phi) is 4.75. The zero-order chi connectivity index (χ0) is 14.8. The predicted molar refractivity (Wildman–Crippen MR) is 80.7 cm³/mol. The molecule has 1 atom stereocenters. The molecule has 1 heterocycles. The Balaban J connectivity index is 1.99. The monoisotopic (exact) mass is 282 g/mol. The molecule has 1 saturated carbocycles. The Morgan fingerprint density at radius 1 is 1.30 bits per heavy atom. The van der Waals surface area contributed by atoms with Gasteiger partial charge in [-0.15, -0.1) is 0 Å². The molecule has 20 heavy (non-hydrogen) atoms. The van der Waals surface area contributed by atoms with Crippen molar-refractivity contribution in [2.24, 2.45) is 0 Å². The van der Waals surface area contributed by atoms with E-state index in [2.05, 4.69) is 26.1 Å². The Labute approximate surface area is 123 Å². The first kappa shape index (κ1) is 15.8. The van der Waals surface area contributed by atoms with Crippen LogP contribution in [0.5, 0.6) is 0 Å². The molecule has 116 valence electrons. The number of nitrogens with one attached hydrogen (secondary N) is 1. The molecule has 1 aliphatic heterocycles. The van der Waals surface area contributed by atoms with E-state index >= 15 is 0 Å². The number of hydrogen-bond donors (Lipinski definition) is 1. The van der Waals surface area contributed by atoms with Crippen molar-refractivity contribution < 1.29 is 9.53 Å². The predicted octanol–water partition coefficient (Wildman–Crippen LogP) is 2.32. The number of hydrogen-bond acceptors (Lipinski definition) is 3. The van der Waals surface area contributed by atoms with Gasteiger partial charge in [0, 0.05) is 25.0 Å². The van der Waals surface area contributed by atoms with Crippen molar-refractivity contribution in [3.63, 3.8) is 0 Å². The van der Waals surface area contributed by atoms with Gasteiger partial charge in [-0.25, -0.2) is 0 Å². The summed E-state index contributed by atoms with van der Waals surface area (Å²) in [5.41, 5.74) is -0.201. The van der Waals surface area contributed by atoms with Crippen molar-refractivity contribution in [3.05, 3.63) is 0 Å². The lowest BCUT2D eigenvalue weighted by Crippen LogP contribution is -2.56. The Hall–Kier alpha value is -0.610. The van der Waals surface area contributed by atoms with E-state index in [0.717, 1.165) is 19.4 Å². The zero-order valence-corrected chi connectivity index (χ0v) is 13.5. The second-order valence-electron chi connectivity index (χ2n) is 7.23. The lowest BCUT2D eigenvalue weighted by atomic mass is 9.79. The van der Waals surface area contributed by atoms with E-state index in [1.165, 1.54) is 19.3 Å². The average Bonchev–Trinajstić information content (AvgIpc) is 2.37. The van der Waals surface area contributed by atoms with Crippen LogP contribution in [0.15, 0.2) is 0 Å². The zero-order valence-electron chi connectivity index (χ0n) is 13.5. The molecule has 1 N–H and O–H groups in total. The maximum Gasteiger partial charge on any atom is 0.224 e. The fourth-order valence-corrected chi connectivity index (χ4v) is 3.79. The van der Waals surface area contributed by atoms with Gasteiger partial charge in [-0.05, 0) is 40.7 Å². The van der Waals surface area contributed by atoms with Crippen LogP contribution in [0.2, 0.25) is 0 Å². The van der Waals surface area contributed by atoms with Crippen molar-refractivity contribution in [2.45, 2.75) is 76.5 Å². The normalized spacial score (nSPS) is 29.2. The van der Waals surface area contributed by atoms with Crippen LogP contribution in [0.3, 0.4) is 0 Å². The van der Waals surface area contributed by atoms with Gasteiger partial charge in [0.2, 0.25) is 5.91 Å². The van der Waals surface area contributed by atoms with Gasteiger partial charge in [0.25, 0.3) is 0 Å². The van der Waals surface area contributed by atoms with Crippen LogP contribution < -0.4 is 5.32 Å². The molecule has 0 spiro atoms. The van der Waals surface area contributed by atoms with Crippen LogP contribution >= 0.6 is 0 Å². The van der Waals surface area contributed by atoms with E-state index in [1.807, 2.05) is 11.9 Å². The largest absolute Gasteiger partial charge is 0.369 e. The maximum atomic E-state index is 12.7. The summed E-state index contributed by atoms with van der Waals surface area (Å²) in [6, 6.07) is 0. The summed E-state index contributed by atoms with van der Waals surface area (Å²) in [7, 11) is 2.00. The summed E-state index contributed by atoms with van der Waals surface area (Å²) in [5, 5.41) is 3.44. The van der Waals surface area contributed by atoms with Crippen LogP contribution in [0.25, 0.3) is 0 Å². The minimum atomic E-state index is -0.229. The lowest BCUT2D eigenvalue weighted by molar-refractivity contribution is -0.159. The van der Waals surface area contributed by atoms with Crippen LogP contribution in [-0.2, 0) is 9.53 Å². The summed E-state index contributed by atoms with van der Waals surface area (Å²) < 4.78 is 5.89. The van der Waals surface area contributed by atoms with E-state index in [9.17, 15) is 4.79 Å². The number of carbonyl (C=O) groups excluding carboxylic acids is 1. The molecule has 0 aromatic heterocycles. The number of carbonyl (C=O) groups is 1. The SMILES string of the molecule is CNC1(CC(=O)N2CC(C)OC(C)(C)C2)CCCCC1. The van der Waals surface area contributed by atoms with Crippen LogP contribution in [0, 0.1) is 0 Å². The van der Waals surface area contributed by atoms with E-state index < -0.39 is 0 Å². The fourth-order valence-electron chi connectivity index (χ4n) is 3.79. The first-order valence-corrected chi connectivity index (χ1v) is 8.00. The van der Waals surface area contributed by atoms with Crippen molar-refractivity contribution in [1.29, 1.82) is 0 Å². The summed E-state index contributed by atoms with van der Waals surface area (Å²) in [6.07, 6.45) is 6.78. The number of rotatable bonds is 3. The molecule has 0 aromatic carbocycles. The second-order valence-corrected chi connectivity index (χ2v) is 7.23. The number of ether oxygens (including phenoxy) is 1. The standard InChI is InChI=1S/C16H30N2O2/c1-13-11-18(12-15(2,3)20-13)14(19)10-16(17-4)8-6-5-7-9-16/h13,17H,5-12H2,1-4H3. The molecule has 0 aromatic rings. The smallest absolute Gasteiger partial charge is 0.224 e. The summed E-state index contributed by atoms with van der Waals surface area (Å²) in [6.45, 7) is 7.61. The van der Waals surface area contributed by atoms with Gasteiger partial charge in [0.1, 0.15) is 0 Å². The van der Waals surface area contributed by atoms with E-state index in [1.54, 1.807) is 0 Å². The molecule has 1 unspecified atom stereocenters. The van der Waals surface area contributed by atoms with Gasteiger partial charge in [0.15, 0.2) is 0 Å². The van der Waals surface area contributed by atoms with Crippen molar-refractivity contribution in [3.8, 4) is 0 Å². The van der Waals surface area contributed by atoms with Crippen LogP contribution in [0.4, 0.5) is 0 Å². The van der Waals surface area contributed by atoms with Crippen LogP contribution in [0.1, 0.15) is 59.3 Å². The molecule has 1 aliphatic carbocycles. The van der Waals surface area contributed by atoms with Gasteiger partial charge >= 0.3 is 0 Å². The molecule has 0 radical (unpaired) electrons.